The molecule has 3 rings (SSSR count). The molecule has 2 aromatic carbocycles. The minimum Gasteiger partial charge on any atom is -0.507 e. The number of thioether (sulfide) groups is 1. The Morgan fingerprint density at radius 3 is 2.60 bits per heavy atom. The lowest BCUT2D eigenvalue weighted by atomic mass is 10.2. The first-order chi connectivity index (χ1) is 9.78. The molecule has 0 amide bonds. The van der Waals surface area contributed by atoms with Gasteiger partial charge in [-0.2, -0.15) is 5.10 Å². The molecule has 2 N–H and O–H groups in total. The summed E-state index contributed by atoms with van der Waals surface area (Å²) < 4.78 is 5.15. The van der Waals surface area contributed by atoms with Gasteiger partial charge in [0.1, 0.15) is 21.9 Å². The van der Waals surface area contributed by atoms with Gasteiger partial charge in [0, 0.05) is 0 Å². The van der Waals surface area contributed by atoms with Crippen molar-refractivity contribution in [1.29, 1.82) is 0 Å². The SMILES string of the molecule is COc1ccc([C@@H]2NN=C(c3ccccc3O)S2)cc1. The molecule has 0 spiro atoms. The number of rotatable bonds is 3. The van der Waals surface area contributed by atoms with Gasteiger partial charge in [-0.3, -0.25) is 5.43 Å². The molecule has 0 radical (unpaired) electrons. The van der Waals surface area contributed by atoms with Crippen LogP contribution < -0.4 is 10.2 Å². The van der Waals surface area contributed by atoms with Gasteiger partial charge in [-0.15, -0.1) is 0 Å². The molecule has 5 heteroatoms. The summed E-state index contributed by atoms with van der Waals surface area (Å²) in [7, 11) is 1.65. The summed E-state index contributed by atoms with van der Waals surface area (Å²) in [5, 5.41) is 15.0. The molecule has 20 heavy (non-hydrogen) atoms. The topological polar surface area (TPSA) is 53.8 Å². The minimum atomic E-state index is 0.0514. The van der Waals surface area contributed by atoms with Crippen LogP contribution in [-0.4, -0.2) is 17.3 Å². The first kappa shape index (κ1) is 12.9. The van der Waals surface area contributed by atoms with Gasteiger partial charge in [-0.1, -0.05) is 36.0 Å². The molecule has 0 saturated heterocycles. The van der Waals surface area contributed by atoms with Gasteiger partial charge in [0.2, 0.25) is 0 Å². The molecule has 0 aliphatic carbocycles. The van der Waals surface area contributed by atoms with Crippen molar-refractivity contribution in [1.82, 2.24) is 5.43 Å². The van der Waals surface area contributed by atoms with Gasteiger partial charge < -0.3 is 9.84 Å². The zero-order valence-corrected chi connectivity index (χ0v) is 11.7. The van der Waals surface area contributed by atoms with Crippen molar-refractivity contribution in [2.45, 2.75) is 5.37 Å². The van der Waals surface area contributed by atoms with Gasteiger partial charge in [-0.05, 0) is 29.8 Å². The molecule has 1 heterocycles. The monoisotopic (exact) mass is 286 g/mol. The van der Waals surface area contributed by atoms with E-state index in [1.165, 1.54) is 0 Å². The van der Waals surface area contributed by atoms with Crippen LogP contribution in [0.3, 0.4) is 0 Å². The summed E-state index contributed by atoms with van der Waals surface area (Å²) in [6, 6.07) is 15.1. The highest BCUT2D eigenvalue weighted by molar-refractivity contribution is 8.14. The van der Waals surface area contributed by atoms with Crippen LogP contribution in [0.2, 0.25) is 0 Å². The van der Waals surface area contributed by atoms with Crippen molar-refractivity contribution in [2.24, 2.45) is 5.10 Å². The van der Waals surface area contributed by atoms with Crippen LogP contribution in [0.1, 0.15) is 16.5 Å². The smallest absolute Gasteiger partial charge is 0.129 e. The molecule has 102 valence electrons. The number of phenols is 1. The molecule has 1 aliphatic heterocycles. The van der Waals surface area contributed by atoms with E-state index < -0.39 is 0 Å². The maximum atomic E-state index is 9.86. The lowest BCUT2D eigenvalue weighted by molar-refractivity contribution is 0.414. The molecule has 0 aromatic heterocycles. The van der Waals surface area contributed by atoms with Gasteiger partial charge in [0.15, 0.2) is 0 Å². The van der Waals surface area contributed by atoms with Crippen molar-refractivity contribution in [2.75, 3.05) is 7.11 Å². The van der Waals surface area contributed by atoms with Gasteiger partial charge in [0.25, 0.3) is 0 Å². The van der Waals surface area contributed by atoms with Crippen molar-refractivity contribution < 1.29 is 9.84 Å². The number of para-hydroxylation sites is 1. The number of nitrogens with one attached hydrogen (secondary N) is 1. The Morgan fingerprint density at radius 2 is 1.90 bits per heavy atom. The second-order valence-electron chi connectivity index (χ2n) is 4.33. The number of nitrogens with zero attached hydrogens (tertiary/aromatic N) is 1. The summed E-state index contributed by atoms with van der Waals surface area (Å²) in [5.74, 6) is 1.08. The lowest BCUT2D eigenvalue weighted by Gasteiger charge is -2.10. The Bertz CT molecular complexity index is 641. The highest BCUT2D eigenvalue weighted by Gasteiger charge is 2.23. The molecular formula is C15H14N2O2S. The Labute approximate surface area is 121 Å². The quantitative estimate of drug-likeness (QED) is 0.910. The molecule has 0 bridgehead atoms. The molecule has 0 saturated carbocycles. The fourth-order valence-corrected chi connectivity index (χ4v) is 3.01. The zero-order chi connectivity index (χ0) is 13.9. The van der Waals surface area contributed by atoms with Crippen LogP contribution in [-0.2, 0) is 0 Å². The first-order valence-corrected chi connectivity index (χ1v) is 7.08. The third-order valence-corrected chi connectivity index (χ3v) is 4.21. The standard InChI is InChI=1S/C15H14N2O2S/c1-19-11-8-6-10(7-9-11)14-16-17-15(20-14)12-4-2-3-5-13(12)18/h2-9,14,16,18H,1H3/t14-/m1/s1. The van der Waals surface area contributed by atoms with Crippen molar-refractivity contribution in [3.63, 3.8) is 0 Å². The summed E-state index contributed by atoms with van der Waals surface area (Å²) in [4.78, 5) is 0. The van der Waals surface area contributed by atoms with Crippen LogP contribution in [0.5, 0.6) is 11.5 Å². The Hall–Kier alpha value is -2.14. The normalized spacial score (nSPS) is 17.4. The van der Waals surface area contributed by atoms with Crippen LogP contribution in [0.4, 0.5) is 0 Å². The maximum Gasteiger partial charge on any atom is 0.129 e. The van der Waals surface area contributed by atoms with Gasteiger partial charge >= 0.3 is 0 Å². The average Bonchev–Trinajstić information content (AvgIpc) is 2.97. The van der Waals surface area contributed by atoms with E-state index in [1.54, 1.807) is 31.0 Å². The summed E-state index contributed by atoms with van der Waals surface area (Å²) in [5.41, 5.74) is 4.95. The van der Waals surface area contributed by atoms with Gasteiger partial charge in [-0.25, -0.2) is 0 Å². The summed E-state index contributed by atoms with van der Waals surface area (Å²) >= 11 is 1.58. The number of benzene rings is 2. The lowest BCUT2D eigenvalue weighted by Crippen LogP contribution is -2.06. The van der Waals surface area contributed by atoms with E-state index in [0.717, 1.165) is 21.9 Å². The number of hydrogen-bond donors (Lipinski definition) is 2. The number of aromatic hydroxyl groups is 1. The Morgan fingerprint density at radius 1 is 1.15 bits per heavy atom. The van der Waals surface area contributed by atoms with Crippen molar-refractivity contribution in [3.8, 4) is 11.5 Å². The number of hydrazone groups is 1. The van der Waals surface area contributed by atoms with E-state index in [9.17, 15) is 5.11 Å². The van der Waals surface area contributed by atoms with Crippen LogP contribution in [0.25, 0.3) is 0 Å². The highest BCUT2D eigenvalue weighted by atomic mass is 32.2. The molecule has 4 nitrogen and oxygen atoms in total. The van der Waals surface area contributed by atoms with E-state index in [4.69, 9.17) is 4.74 Å². The van der Waals surface area contributed by atoms with E-state index in [0.29, 0.717) is 0 Å². The first-order valence-electron chi connectivity index (χ1n) is 6.20. The predicted molar refractivity (Wildman–Crippen MR) is 81.1 cm³/mol. The minimum absolute atomic E-state index is 0.0514. The van der Waals surface area contributed by atoms with Crippen LogP contribution in [0, 0.1) is 0 Å². The van der Waals surface area contributed by atoms with Crippen molar-refractivity contribution in [3.05, 3.63) is 59.7 Å². The molecule has 0 fully saturated rings. The summed E-state index contributed by atoms with van der Waals surface area (Å²) in [6.07, 6.45) is 0. The number of phenolic OH excluding ortho intramolecular Hbond substituents is 1. The third kappa shape index (κ3) is 2.44. The second-order valence-corrected chi connectivity index (χ2v) is 5.43. The fraction of sp³-hybridized carbons (Fsp3) is 0.133. The molecular weight excluding hydrogens is 272 g/mol. The molecule has 0 unspecified atom stereocenters. The number of ether oxygens (including phenoxy) is 1. The van der Waals surface area contributed by atoms with E-state index in [1.807, 2.05) is 36.4 Å². The number of hydrogen-bond acceptors (Lipinski definition) is 5. The van der Waals surface area contributed by atoms with E-state index in [-0.39, 0.29) is 11.1 Å². The predicted octanol–water partition coefficient (Wildman–Crippen LogP) is 3.10. The van der Waals surface area contributed by atoms with Crippen LogP contribution >= 0.6 is 11.8 Å². The fourth-order valence-electron chi connectivity index (χ4n) is 1.98. The summed E-state index contributed by atoms with van der Waals surface area (Å²) in [6.45, 7) is 0. The maximum absolute atomic E-state index is 9.86. The zero-order valence-electron chi connectivity index (χ0n) is 10.9. The second kappa shape index (κ2) is 5.46. The third-order valence-electron chi connectivity index (χ3n) is 3.07. The van der Waals surface area contributed by atoms with Gasteiger partial charge in [0.05, 0.1) is 12.7 Å². The van der Waals surface area contributed by atoms with E-state index in [2.05, 4.69) is 10.5 Å². The largest absolute Gasteiger partial charge is 0.507 e. The average molecular weight is 286 g/mol. The molecule has 1 atom stereocenters. The highest BCUT2D eigenvalue weighted by Crippen LogP contribution is 2.36. The van der Waals surface area contributed by atoms with Crippen molar-refractivity contribution >= 4 is 16.8 Å². The van der Waals surface area contributed by atoms with Crippen LogP contribution in [0.15, 0.2) is 53.6 Å². The molecule has 2 aromatic rings. The molecule has 1 aliphatic rings. The van der Waals surface area contributed by atoms with E-state index >= 15 is 0 Å². The number of methoxy groups -OCH3 is 1. The Balaban J connectivity index is 1.77. The Kier molecular flexibility index (Phi) is 3.52.